The van der Waals surface area contributed by atoms with Crippen molar-refractivity contribution in [3.05, 3.63) is 58.9 Å². The summed E-state index contributed by atoms with van der Waals surface area (Å²) < 4.78 is 27.1. The van der Waals surface area contributed by atoms with Crippen LogP contribution in [0.15, 0.2) is 57.4 Å². The van der Waals surface area contributed by atoms with Gasteiger partial charge in [-0.15, -0.1) is 34.4 Å². The molecule has 3 heterocycles. The minimum absolute atomic E-state index is 0.256. The SMILES string of the molecule is O=C(NCCc1csc(-c2ccccc2)n1)C1CSCN1S(=O)(=O)c1cccs1. The van der Waals surface area contributed by atoms with Crippen LogP contribution in [0.1, 0.15) is 5.69 Å². The number of amides is 1. The molecule has 1 saturated heterocycles. The maximum Gasteiger partial charge on any atom is 0.254 e. The summed E-state index contributed by atoms with van der Waals surface area (Å²) in [6.07, 6.45) is 0.604. The van der Waals surface area contributed by atoms with Crippen molar-refractivity contribution >= 4 is 50.4 Å². The van der Waals surface area contributed by atoms with Crippen LogP contribution in [-0.2, 0) is 21.2 Å². The third-order valence-electron chi connectivity index (χ3n) is 4.46. The van der Waals surface area contributed by atoms with Crippen LogP contribution in [0.3, 0.4) is 0 Å². The van der Waals surface area contributed by atoms with Crippen molar-refractivity contribution in [2.24, 2.45) is 0 Å². The molecule has 1 unspecified atom stereocenters. The van der Waals surface area contributed by atoms with Crippen molar-refractivity contribution in [3.8, 4) is 10.6 Å². The zero-order valence-electron chi connectivity index (χ0n) is 15.4. The summed E-state index contributed by atoms with van der Waals surface area (Å²) in [7, 11) is -3.63. The van der Waals surface area contributed by atoms with Gasteiger partial charge in [0.15, 0.2) is 0 Å². The number of hydrogen-bond acceptors (Lipinski definition) is 7. The Hall–Kier alpha value is -1.72. The molecule has 1 amide bonds. The second kappa shape index (κ2) is 8.97. The van der Waals surface area contributed by atoms with Gasteiger partial charge < -0.3 is 5.32 Å². The summed E-state index contributed by atoms with van der Waals surface area (Å²) in [6, 6.07) is 12.6. The highest BCUT2D eigenvalue weighted by atomic mass is 32.2. The molecular weight excluding hydrogens is 446 g/mol. The lowest BCUT2D eigenvalue weighted by Gasteiger charge is -2.21. The number of thioether (sulfide) groups is 1. The molecule has 1 aliphatic rings. The van der Waals surface area contributed by atoms with Gasteiger partial charge in [-0.1, -0.05) is 36.4 Å². The molecule has 4 rings (SSSR count). The van der Waals surface area contributed by atoms with Gasteiger partial charge in [-0.05, 0) is 11.4 Å². The number of hydrogen-bond donors (Lipinski definition) is 1. The fourth-order valence-corrected chi connectivity index (χ4v) is 8.09. The van der Waals surface area contributed by atoms with Crippen LogP contribution in [-0.4, -0.2) is 47.8 Å². The molecule has 0 radical (unpaired) electrons. The Morgan fingerprint density at radius 1 is 1.17 bits per heavy atom. The first kappa shape index (κ1) is 20.5. The highest BCUT2D eigenvalue weighted by Crippen LogP contribution is 2.30. The predicted octanol–water partition coefficient (Wildman–Crippen LogP) is 3.29. The molecule has 1 fully saturated rings. The lowest BCUT2D eigenvalue weighted by Crippen LogP contribution is -2.47. The normalized spacial score (nSPS) is 17.4. The van der Waals surface area contributed by atoms with E-state index in [-0.39, 0.29) is 10.1 Å². The monoisotopic (exact) mass is 465 g/mol. The smallest absolute Gasteiger partial charge is 0.254 e. The van der Waals surface area contributed by atoms with E-state index in [1.54, 1.807) is 28.8 Å². The first-order chi connectivity index (χ1) is 14.1. The maximum absolute atomic E-state index is 12.8. The molecule has 1 aliphatic heterocycles. The minimum Gasteiger partial charge on any atom is -0.354 e. The van der Waals surface area contributed by atoms with Crippen LogP contribution in [0.4, 0.5) is 0 Å². The maximum atomic E-state index is 12.8. The van der Waals surface area contributed by atoms with Crippen LogP contribution in [0.2, 0.25) is 0 Å². The molecule has 29 heavy (non-hydrogen) atoms. The minimum atomic E-state index is -3.63. The number of carbonyl (C=O) groups excluding carboxylic acids is 1. The van der Waals surface area contributed by atoms with Gasteiger partial charge in [-0.25, -0.2) is 13.4 Å². The molecule has 152 valence electrons. The Morgan fingerprint density at radius 3 is 2.76 bits per heavy atom. The highest BCUT2D eigenvalue weighted by molar-refractivity contribution is 8.01. The Balaban J connectivity index is 1.34. The van der Waals surface area contributed by atoms with E-state index in [4.69, 9.17) is 0 Å². The van der Waals surface area contributed by atoms with Crippen molar-refractivity contribution in [2.75, 3.05) is 18.2 Å². The fourth-order valence-electron chi connectivity index (χ4n) is 2.96. The van der Waals surface area contributed by atoms with Gasteiger partial charge in [0.05, 0.1) is 11.6 Å². The van der Waals surface area contributed by atoms with Crippen molar-refractivity contribution in [1.82, 2.24) is 14.6 Å². The first-order valence-corrected chi connectivity index (χ1v) is 13.3. The summed E-state index contributed by atoms with van der Waals surface area (Å²) in [6.45, 7) is 0.421. The van der Waals surface area contributed by atoms with Crippen LogP contribution >= 0.6 is 34.4 Å². The number of nitrogens with zero attached hydrogens (tertiary/aromatic N) is 2. The predicted molar refractivity (Wildman–Crippen MR) is 119 cm³/mol. The number of carbonyl (C=O) groups is 1. The molecule has 3 aromatic rings. The molecule has 2 aromatic heterocycles. The molecule has 6 nitrogen and oxygen atoms in total. The van der Waals surface area contributed by atoms with Crippen LogP contribution < -0.4 is 5.32 Å². The molecular formula is C19H19N3O3S4. The Kier molecular flexibility index (Phi) is 6.35. The number of benzene rings is 1. The average Bonchev–Trinajstić information content (AvgIpc) is 3.50. The van der Waals surface area contributed by atoms with E-state index in [1.165, 1.54) is 27.4 Å². The van der Waals surface area contributed by atoms with E-state index >= 15 is 0 Å². The van der Waals surface area contributed by atoms with Gasteiger partial charge in [0, 0.05) is 29.7 Å². The number of thiophene rings is 1. The fraction of sp³-hybridized carbons (Fsp3) is 0.263. The Labute approximate surface area is 182 Å². The van der Waals surface area contributed by atoms with Crippen molar-refractivity contribution in [2.45, 2.75) is 16.7 Å². The summed E-state index contributed by atoms with van der Waals surface area (Å²) >= 11 is 4.20. The summed E-state index contributed by atoms with van der Waals surface area (Å²) in [5.41, 5.74) is 1.99. The molecule has 10 heteroatoms. The topological polar surface area (TPSA) is 79.4 Å². The quantitative estimate of drug-likeness (QED) is 0.579. The molecule has 0 bridgehead atoms. The standard InChI is InChI=1S/C19H19N3O3S4/c23-18(16-12-26-13-22(16)29(24,25)17-7-4-10-27-17)20-9-8-15-11-28-19(21-15)14-5-2-1-3-6-14/h1-7,10-11,16H,8-9,12-13H2,(H,20,23). The Bertz CT molecular complexity index is 1070. The molecule has 1 atom stereocenters. The number of rotatable bonds is 7. The highest BCUT2D eigenvalue weighted by Gasteiger charge is 2.40. The van der Waals surface area contributed by atoms with Gasteiger partial charge in [0.1, 0.15) is 15.3 Å². The molecule has 0 spiro atoms. The van der Waals surface area contributed by atoms with Crippen molar-refractivity contribution < 1.29 is 13.2 Å². The van der Waals surface area contributed by atoms with Gasteiger partial charge in [0.25, 0.3) is 10.0 Å². The summed E-state index contributed by atoms with van der Waals surface area (Å²) in [4.78, 5) is 17.3. The third-order valence-corrected chi connectivity index (χ3v) is 9.80. The number of sulfonamides is 1. The average molecular weight is 466 g/mol. The van der Waals surface area contributed by atoms with Crippen molar-refractivity contribution in [3.63, 3.8) is 0 Å². The number of aromatic nitrogens is 1. The Morgan fingerprint density at radius 2 is 2.00 bits per heavy atom. The van der Waals surface area contributed by atoms with Crippen LogP contribution in [0.25, 0.3) is 10.6 Å². The zero-order valence-corrected chi connectivity index (χ0v) is 18.6. The first-order valence-electron chi connectivity index (χ1n) is 8.96. The molecule has 1 N–H and O–H groups in total. The van der Waals surface area contributed by atoms with E-state index in [1.807, 2.05) is 35.7 Å². The molecule has 1 aromatic carbocycles. The molecule has 0 aliphatic carbocycles. The van der Waals surface area contributed by atoms with Crippen molar-refractivity contribution in [1.29, 1.82) is 0 Å². The second-order valence-electron chi connectivity index (χ2n) is 6.39. The van der Waals surface area contributed by atoms with E-state index in [2.05, 4.69) is 10.3 Å². The van der Waals surface area contributed by atoms with Gasteiger partial charge in [-0.3, -0.25) is 4.79 Å². The van der Waals surface area contributed by atoms with Gasteiger partial charge in [0.2, 0.25) is 5.91 Å². The summed E-state index contributed by atoms with van der Waals surface area (Å²) in [5, 5.41) is 7.55. The second-order valence-corrected chi connectivity index (χ2v) is 11.3. The van der Waals surface area contributed by atoms with Crippen LogP contribution in [0, 0.1) is 0 Å². The molecule has 0 saturated carbocycles. The zero-order chi connectivity index (χ0) is 20.3. The number of nitrogens with one attached hydrogen (secondary N) is 1. The van der Waals surface area contributed by atoms with E-state index in [0.29, 0.717) is 24.6 Å². The largest absolute Gasteiger partial charge is 0.354 e. The van der Waals surface area contributed by atoms with E-state index in [0.717, 1.165) is 16.3 Å². The number of thiazole rings is 1. The third kappa shape index (κ3) is 4.56. The van der Waals surface area contributed by atoms with Gasteiger partial charge in [-0.2, -0.15) is 4.31 Å². The van der Waals surface area contributed by atoms with E-state index < -0.39 is 16.1 Å². The summed E-state index contributed by atoms with van der Waals surface area (Å²) in [5.74, 6) is 0.504. The lowest BCUT2D eigenvalue weighted by molar-refractivity contribution is -0.123. The lowest BCUT2D eigenvalue weighted by atomic mass is 10.2. The van der Waals surface area contributed by atoms with Gasteiger partial charge >= 0.3 is 0 Å². The van der Waals surface area contributed by atoms with E-state index in [9.17, 15) is 13.2 Å². The van der Waals surface area contributed by atoms with Crippen LogP contribution in [0.5, 0.6) is 0 Å².